The van der Waals surface area contributed by atoms with Crippen LogP contribution in [0.1, 0.15) is 0 Å². The molecule has 0 atom stereocenters. The monoisotopic (exact) mass is 348 g/mol. The molecule has 0 aliphatic heterocycles. The van der Waals surface area contributed by atoms with Crippen molar-refractivity contribution in [2.45, 2.75) is 0 Å². The molecule has 0 bridgehead atoms. The number of thiophene rings is 3. The second-order valence-electron chi connectivity index (χ2n) is 5.41. The van der Waals surface area contributed by atoms with E-state index in [-0.39, 0.29) is 0 Å². The van der Waals surface area contributed by atoms with Crippen molar-refractivity contribution in [3.8, 4) is 20.9 Å². The van der Waals surface area contributed by atoms with Gasteiger partial charge >= 0.3 is 0 Å². The Balaban J connectivity index is 1.99. The van der Waals surface area contributed by atoms with Gasteiger partial charge in [-0.2, -0.15) is 0 Å². The Labute approximate surface area is 146 Å². The Kier molecular flexibility index (Phi) is 3.11. The van der Waals surface area contributed by atoms with E-state index in [1.165, 1.54) is 41.1 Å². The highest BCUT2D eigenvalue weighted by molar-refractivity contribution is 7.26. The van der Waals surface area contributed by atoms with E-state index in [0.717, 1.165) is 0 Å². The minimum absolute atomic E-state index is 1.34. The molecule has 0 amide bonds. The van der Waals surface area contributed by atoms with E-state index < -0.39 is 0 Å². The number of rotatable bonds is 2. The summed E-state index contributed by atoms with van der Waals surface area (Å²) < 4.78 is 2.73. The highest BCUT2D eigenvalue weighted by Gasteiger charge is 2.17. The molecule has 0 nitrogen and oxygen atoms in total. The van der Waals surface area contributed by atoms with Gasteiger partial charge in [-0.3, -0.25) is 0 Å². The summed E-state index contributed by atoms with van der Waals surface area (Å²) >= 11 is 5.52. The van der Waals surface area contributed by atoms with Crippen molar-refractivity contribution in [1.82, 2.24) is 0 Å². The topological polar surface area (TPSA) is 0 Å². The lowest BCUT2D eigenvalue weighted by atomic mass is 9.98. The molecule has 0 N–H and O–H groups in total. The van der Waals surface area contributed by atoms with Crippen molar-refractivity contribution in [3.63, 3.8) is 0 Å². The summed E-state index contributed by atoms with van der Waals surface area (Å²) in [5.74, 6) is 0. The van der Waals surface area contributed by atoms with Gasteiger partial charge in [-0.1, -0.05) is 36.4 Å². The van der Waals surface area contributed by atoms with E-state index in [9.17, 15) is 0 Å². The molecule has 0 aliphatic rings. The van der Waals surface area contributed by atoms with E-state index in [1.807, 2.05) is 34.0 Å². The minimum Gasteiger partial charge on any atom is -0.144 e. The SMILES string of the molecule is c1csc(-c2ccc3sc4ccccc4c3c2-c2cccs2)c1. The van der Waals surface area contributed by atoms with Crippen LogP contribution >= 0.6 is 34.0 Å². The van der Waals surface area contributed by atoms with E-state index >= 15 is 0 Å². The van der Waals surface area contributed by atoms with Crippen molar-refractivity contribution in [2.75, 3.05) is 0 Å². The molecule has 23 heavy (non-hydrogen) atoms. The lowest BCUT2D eigenvalue weighted by Gasteiger charge is -2.09. The number of benzene rings is 2. The van der Waals surface area contributed by atoms with Gasteiger partial charge in [-0.15, -0.1) is 34.0 Å². The quantitative estimate of drug-likeness (QED) is 0.309. The molecular formula is C20H12S3. The summed E-state index contributed by atoms with van der Waals surface area (Å²) in [6.45, 7) is 0. The van der Waals surface area contributed by atoms with E-state index in [4.69, 9.17) is 0 Å². The summed E-state index contributed by atoms with van der Waals surface area (Å²) in [5, 5.41) is 7.10. The standard InChI is InChI=1S/C20H12S3/c1-2-6-16-13(5-1)20-18(23-16)10-9-14(15-7-3-11-21-15)19(20)17-8-4-12-22-17/h1-12H. The van der Waals surface area contributed by atoms with Crippen LogP contribution in [0.3, 0.4) is 0 Å². The zero-order chi connectivity index (χ0) is 15.2. The van der Waals surface area contributed by atoms with Crippen LogP contribution in [-0.4, -0.2) is 0 Å². The molecule has 0 saturated heterocycles. The van der Waals surface area contributed by atoms with Gasteiger partial charge in [0.15, 0.2) is 0 Å². The summed E-state index contributed by atoms with van der Waals surface area (Å²) in [5.41, 5.74) is 2.73. The normalized spacial score (nSPS) is 11.5. The van der Waals surface area contributed by atoms with Crippen LogP contribution in [0.15, 0.2) is 71.4 Å². The fraction of sp³-hybridized carbons (Fsp3) is 0. The Morgan fingerprint density at radius 3 is 2.17 bits per heavy atom. The fourth-order valence-corrected chi connectivity index (χ4v) is 5.79. The first-order valence-corrected chi connectivity index (χ1v) is 10.0. The maximum absolute atomic E-state index is 2.29. The Morgan fingerprint density at radius 1 is 0.609 bits per heavy atom. The molecule has 0 fully saturated rings. The fourth-order valence-electron chi connectivity index (χ4n) is 3.13. The minimum atomic E-state index is 1.34. The number of hydrogen-bond acceptors (Lipinski definition) is 3. The van der Waals surface area contributed by atoms with Gasteiger partial charge < -0.3 is 0 Å². The molecule has 0 aliphatic carbocycles. The molecule has 0 saturated carbocycles. The van der Waals surface area contributed by atoms with Gasteiger partial charge in [0.25, 0.3) is 0 Å². The van der Waals surface area contributed by atoms with Crippen molar-refractivity contribution < 1.29 is 0 Å². The van der Waals surface area contributed by atoms with Gasteiger partial charge in [0.2, 0.25) is 0 Å². The van der Waals surface area contributed by atoms with Gasteiger partial charge in [-0.05, 0) is 35.0 Å². The lowest BCUT2D eigenvalue weighted by molar-refractivity contribution is 1.78. The first-order chi connectivity index (χ1) is 11.4. The van der Waals surface area contributed by atoms with Crippen molar-refractivity contribution in [3.05, 3.63) is 71.4 Å². The maximum atomic E-state index is 2.29. The van der Waals surface area contributed by atoms with Crippen molar-refractivity contribution in [2.24, 2.45) is 0 Å². The zero-order valence-electron chi connectivity index (χ0n) is 12.2. The lowest BCUT2D eigenvalue weighted by Crippen LogP contribution is -1.82. The zero-order valence-corrected chi connectivity index (χ0v) is 14.6. The molecule has 110 valence electrons. The Bertz CT molecular complexity index is 1100. The number of fused-ring (bicyclic) bond motifs is 3. The third-order valence-electron chi connectivity index (χ3n) is 4.10. The van der Waals surface area contributed by atoms with E-state index in [1.54, 1.807) is 0 Å². The number of hydrogen-bond donors (Lipinski definition) is 0. The molecule has 2 aromatic carbocycles. The second kappa shape index (κ2) is 5.31. The average Bonchev–Trinajstić information content (AvgIpc) is 3.33. The van der Waals surface area contributed by atoms with E-state index in [0.29, 0.717) is 0 Å². The third-order valence-corrected chi connectivity index (χ3v) is 7.02. The van der Waals surface area contributed by atoms with Crippen LogP contribution < -0.4 is 0 Å². The molecule has 5 rings (SSSR count). The van der Waals surface area contributed by atoms with Crippen molar-refractivity contribution in [1.29, 1.82) is 0 Å². The summed E-state index contributed by atoms with van der Waals surface area (Å²) in [6, 6.07) is 22.1. The summed E-state index contributed by atoms with van der Waals surface area (Å²) in [7, 11) is 0. The highest BCUT2D eigenvalue weighted by atomic mass is 32.1. The van der Waals surface area contributed by atoms with Crippen molar-refractivity contribution >= 4 is 54.2 Å². The van der Waals surface area contributed by atoms with Crippen LogP contribution in [0, 0.1) is 0 Å². The molecule has 0 spiro atoms. The first kappa shape index (κ1) is 13.5. The first-order valence-electron chi connectivity index (χ1n) is 7.44. The van der Waals surface area contributed by atoms with Crippen LogP contribution in [0.5, 0.6) is 0 Å². The smallest absolute Gasteiger partial charge is 0.0362 e. The molecule has 3 heteroatoms. The maximum Gasteiger partial charge on any atom is 0.0362 e. The van der Waals surface area contributed by atoms with E-state index in [2.05, 4.69) is 71.4 Å². The molecule has 0 unspecified atom stereocenters. The highest BCUT2D eigenvalue weighted by Crippen LogP contribution is 2.46. The summed E-state index contributed by atoms with van der Waals surface area (Å²) in [4.78, 5) is 2.69. The predicted octanol–water partition coefficient (Wildman–Crippen LogP) is 7.51. The summed E-state index contributed by atoms with van der Waals surface area (Å²) in [6.07, 6.45) is 0. The third kappa shape index (κ3) is 2.08. The molecule has 3 aromatic heterocycles. The van der Waals surface area contributed by atoms with Crippen LogP contribution in [-0.2, 0) is 0 Å². The van der Waals surface area contributed by atoms with Crippen LogP contribution in [0.4, 0.5) is 0 Å². The molecule has 3 heterocycles. The second-order valence-corrected chi connectivity index (χ2v) is 8.39. The molecule has 5 aromatic rings. The largest absolute Gasteiger partial charge is 0.144 e. The Hall–Kier alpha value is -1.94. The molecule has 0 radical (unpaired) electrons. The van der Waals surface area contributed by atoms with Gasteiger partial charge in [-0.25, -0.2) is 0 Å². The van der Waals surface area contributed by atoms with Gasteiger partial charge in [0.1, 0.15) is 0 Å². The van der Waals surface area contributed by atoms with Gasteiger partial charge in [0.05, 0.1) is 0 Å². The Morgan fingerprint density at radius 2 is 1.39 bits per heavy atom. The van der Waals surface area contributed by atoms with Gasteiger partial charge in [0, 0.05) is 41.1 Å². The molecular weight excluding hydrogens is 336 g/mol. The van der Waals surface area contributed by atoms with Crippen LogP contribution in [0.2, 0.25) is 0 Å². The predicted molar refractivity (Wildman–Crippen MR) is 106 cm³/mol. The average molecular weight is 349 g/mol. The van der Waals surface area contributed by atoms with Crippen LogP contribution in [0.25, 0.3) is 41.1 Å².